The van der Waals surface area contributed by atoms with Gasteiger partial charge in [0.2, 0.25) is 0 Å². The molecule has 10 heteroatoms. The average molecular weight is 405 g/mol. The Labute approximate surface area is 171 Å². The highest BCUT2D eigenvalue weighted by atomic mass is 16.1. The first-order valence-electron chi connectivity index (χ1n) is 9.64. The number of rotatable bonds is 11. The van der Waals surface area contributed by atoms with E-state index in [1.807, 2.05) is 13.8 Å². The van der Waals surface area contributed by atoms with Crippen molar-refractivity contribution in [1.29, 1.82) is 0 Å². The SMILES string of the molecule is CC(C)C(=O)C(N)CCCN=C(N)N.CCC.NC(N)=NCCCC(N)C=O.[HH]. The Morgan fingerprint density at radius 3 is 1.64 bits per heavy atom. The van der Waals surface area contributed by atoms with Crippen LogP contribution in [0.1, 0.15) is 61.2 Å². The summed E-state index contributed by atoms with van der Waals surface area (Å²) >= 11 is 0. The summed E-state index contributed by atoms with van der Waals surface area (Å²) in [6.45, 7) is 9.00. The van der Waals surface area contributed by atoms with Crippen LogP contribution in [0.3, 0.4) is 0 Å². The van der Waals surface area contributed by atoms with Crippen LogP contribution in [0.4, 0.5) is 0 Å². The molecule has 0 aliphatic carbocycles. The maximum Gasteiger partial charge on any atom is 0.185 e. The van der Waals surface area contributed by atoms with Crippen molar-refractivity contribution in [2.45, 2.75) is 71.9 Å². The minimum Gasteiger partial charge on any atom is -0.370 e. The third-order valence-corrected chi connectivity index (χ3v) is 3.07. The molecule has 28 heavy (non-hydrogen) atoms. The molecule has 0 aliphatic heterocycles. The molecule has 0 saturated heterocycles. The molecule has 0 amide bonds. The summed E-state index contributed by atoms with van der Waals surface area (Å²) in [5, 5.41) is 0. The van der Waals surface area contributed by atoms with Gasteiger partial charge in [0.1, 0.15) is 6.29 Å². The maximum atomic E-state index is 11.4. The standard InChI is InChI=1S/C9H20N4O.C6H14N4O.C3H8.H2/c1-6(2)8(14)7(10)4-3-5-13-9(11)12;7-5(4-11)2-1-3-10-6(8)9;1-3-2;/h6-7H,3-5,10H2,1-2H3,(H4,11,12,13);4-5H,1-3,7H2,(H4,8,9,10);3H2,1-2H3;1H. The van der Waals surface area contributed by atoms with E-state index in [4.69, 9.17) is 34.4 Å². The van der Waals surface area contributed by atoms with E-state index in [1.54, 1.807) is 0 Å². The lowest BCUT2D eigenvalue weighted by atomic mass is 9.99. The van der Waals surface area contributed by atoms with Crippen molar-refractivity contribution in [3.05, 3.63) is 0 Å². The van der Waals surface area contributed by atoms with Gasteiger partial charge in [-0.2, -0.15) is 0 Å². The number of aldehydes is 1. The van der Waals surface area contributed by atoms with Crippen LogP contribution in [-0.2, 0) is 9.59 Å². The zero-order valence-corrected chi connectivity index (χ0v) is 17.9. The predicted molar refractivity (Wildman–Crippen MR) is 120 cm³/mol. The van der Waals surface area contributed by atoms with Crippen LogP contribution in [0.25, 0.3) is 0 Å². The molecule has 0 aromatic rings. The van der Waals surface area contributed by atoms with Crippen LogP contribution in [0, 0.1) is 5.92 Å². The fourth-order valence-electron chi connectivity index (χ4n) is 1.69. The van der Waals surface area contributed by atoms with Gasteiger partial charge in [-0.1, -0.05) is 34.1 Å². The molecule has 0 rings (SSSR count). The summed E-state index contributed by atoms with van der Waals surface area (Å²) in [5.74, 6) is 0.237. The molecular formula is C18H44N8O2. The lowest BCUT2D eigenvalue weighted by molar-refractivity contribution is -0.123. The maximum absolute atomic E-state index is 11.4. The number of nitrogens with zero attached hydrogens (tertiary/aromatic N) is 2. The largest absolute Gasteiger partial charge is 0.370 e. The average Bonchev–Trinajstić information content (AvgIpc) is 2.62. The third-order valence-electron chi connectivity index (χ3n) is 3.07. The lowest BCUT2D eigenvalue weighted by Crippen LogP contribution is -2.33. The van der Waals surface area contributed by atoms with Gasteiger partial charge in [0, 0.05) is 20.4 Å². The summed E-state index contributed by atoms with van der Waals surface area (Å²) in [4.78, 5) is 28.9. The molecule has 0 fully saturated rings. The van der Waals surface area contributed by atoms with E-state index < -0.39 is 0 Å². The molecule has 0 radical (unpaired) electrons. The molecule has 10 nitrogen and oxygen atoms in total. The molecule has 0 aliphatic rings. The minimum absolute atomic E-state index is 0. The molecule has 0 saturated carbocycles. The van der Waals surface area contributed by atoms with Crippen molar-refractivity contribution < 1.29 is 11.0 Å². The van der Waals surface area contributed by atoms with Crippen LogP contribution in [-0.4, -0.2) is 49.2 Å². The Bertz CT molecular complexity index is 451. The van der Waals surface area contributed by atoms with Crippen LogP contribution in [0.2, 0.25) is 0 Å². The second-order valence-electron chi connectivity index (χ2n) is 6.57. The Morgan fingerprint density at radius 1 is 0.929 bits per heavy atom. The fraction of sp³-hybridized carbons (Fsp3) is 0.778. The minimum atomic E-state index is -0.385. The molecular weight excluding hydrogens is 360 g/mol. The quantitative estimate of drug-likeness (QED) is 0.117. The highest BCUT2D eigenvalue weighted by Gasteiger charge is 2.15. The Morgan fingerprint density at radius 2 is 1.32 bits per heavy atom. The molecule has 2 atom stereocenters. The van der Waals surface area contributed by atoms with Crippen molar-refractivity contribution in [2.24, 2.45) is 50.3 Å². The summed E-state index contributed by atoms with van der Waals surface area (Å²) in [7, 11) is 0. The normalized spacial score (nSPS) is 11.7. The Balaban J connectivity index is -0.000000187. The summed E-state index contributed by atoms with van der Waals surface area (Å²) in [6, 6.07) is -0.770. The van der Waals surface area contributed by atoms with E-state index in [1.165, 1.54) is 6.42 Å². The van der Waals surface area contributed by atoms with Gasteiger partial charge in [-0.25, -0.2) is 0 Å². The summed E-state index contributed by atoms with van der Waals surface area (Å²) < 4.78 is 0. The van der Waals surface area contributed by atoms with Gasteiger partial charge >= 0.3 is 0 Å². The van der Waals surface area contributed by atoms with Gasteiger partial charge in [-0.05, 0) is 25.7 Å². The first-order valence-corrected chi connectivity index (χ1v) is 9.64. The summed E-state index contributed by atoms with van der Waals surface area (Å²) in [5.41, 5.74) is 31.4. The highest BCUT2D eigenvalue weighted by molar-refractivity contribution is 5.85. The first kappa shape index (κ1) is 30.5. The van der Waals surface area contributed by atoms with Crippen LogP contribution in [0.5, 0.6) is 0 Å². The number of carbonyl (C=O) groups is 2. The molecule has 0 aromatic heterocycles. The number of hydrogen-bond acceptors (Lipinski definition) is 6. The number of ketones is 1. The van der Waals surface area contributed by atoms with Gasteiger partial charge in [-0.3, -0.25) is 14.8 Å². The number of guanidine groups is 2. The smallest absolute Gasteiger partial charge is 0.185 e. The molecule has 0 bridgehead atoms. The molecule has 0 heterocycles. The van der Waals surface area contributed by atoms with Gasteiger partial charge in [-0.15, -0.1) is 0 Å². The van der Waals surface area contributed by atoms with E-state index in [0.717, 1.165) is 19.1 Å². The molecule has 2 unspecified atom stereocenters. The number of nitrogens with two attached hydrogens (primary N) is 6. The monoisotopic (exact) mass is 404 g/mol. The Hall–Kier alpha value is -2.20. The predicted octanol–water partition coefficient (Wildman–Crippen LogP) is -0.179. The van der Waals surface area contributed by atoms with Crippen LogP contribution >= 0.6 is 0 Å². The van der Waals surface area contributed by atoms with E-state index >= 15 is 0 Å². The van der Waals surface area contributed by atoms with Crippen molar-refractivity contribution >= 4 is 24.0 Å². The van der Waals surface area contributed by atoms with Gasteiger partial charge < -0.3 is 39.2 Å². The number of hydrogen-bond donors (Lipinski definition) is 6. The second kappa shape index (κ2) is 21.1. The van der Waals surface area contributed by atoms with Crippen molar-refractivity contribution in [1.82, 2.24) is 0 Å². The highest BCUT2D eigenvalue weighted by Crippen LogP contribution is 2.03. The number of carbonyl (C=O) groups excluding carboxylic acids is 2. The van der Waals surface area contributed by atoms with Gasteiger partial charge in [0.25, 0.3) is 0 Å². The van der Waals surface area contributed by atoms with Crippen molar-refractivity contribution in [2.75, 3.05) is 13.1 Å². The number of Topliss-reactive ketones (excluding diaryl/α,β-unsaturated/α-hetero) is 1. The zero-order valence-electron chi connectivity index (χ0n) is 17.9. The van der Waals surface area contributed by atoms with Gasteiger partial charge in [0.05, 0.1) is 12.1 Å². The van der Waals surface area contributed by atoms with Crippen LogP contribution in [0.15, 0.2) is 9.98 Å². The molecule has 168 valence electrons. The van der Waals surface area contributed by atoms with Crippen molar-refractivity contribution in [3.8, 4) is 0 Å². The molecule has 0 spiro atoms. The van der Waals surface area contributed by atoms with E-state index in [9.17, 15) is 9.59 Å². The van der Waals surface area contributed by atoms with Crippen molar-refractivity contribution in [3.63, 3.8) is 0 Å². The molecule has 0 aromatic carbocycles. The fourth-order valence-corrected chi connectivity index (χ4v) is 1.69. The van der Waals surface area contributed by atoms with Gasteiger partial charge in [0.15, 0.2) is 17.7 Å². The third kappa shape index (κ3) is 26.0. The first-order chi connectivity index (χ1) is 13.0. The van der Waals surface area contributed by atoms with Crippen LogP contribution < -0.4 is 34.4 Å². The van der Waals surface area contributed by atoms with E-state index in [0.29, 0.717) is 25.9 Å². The summed E-state index contributed by atoms with van der Waals surface area (Å²) in [6.07, 6.45) is 4.69. The van der Waals surface area contributed by atoms with E-state index in [2.05, 4.69) is 23.8 Å². The lowest BCUT2D eigenvalue weighted by Gasteiger charge is -2.11. The molecule has 12 N–H and O–H groups in total. The van der Waals surface area contributed by atoms with E-state index in [-0.39, 0.29) is 37.1 Å². The Kier molecular flexibility index (Phi) is 23.0. The topological polar surface area (TPSA) is 215 Å². The second-order valence-corrected chi connectivity index (χ2v) is 6.57. The zero-order chi connectivity index (χ0) is 22.5. The number of aliphatic imine (C=N–C) groups is 2.